The molecule has 2 aliphatic heterocycles. The van der Waals surface area contributed by atoms with Crippen molar-refractivity contribution >= 4 is 11.8 Å². The normalized spacial score (nSPS) is 28.4. The molecule has 0 spiro atoms. The van der Waals surface area contributed by atoms with Gasteiger partial charge in [0, 0.05) is 19.9 Å². The van der Waals surface area contributed by atoms with Gasteiger partial charge < -0.3 is 69.7 Å². The molecule has 0 bridgehead atoms. The van der Waals surface area contributed by atoms with Gasteiger partial charge in [-0.15, -0.1) is 10.2 Å². The molecule has 22 heteroatoms. The van der Waals surface area contributed by atoms with Crippen LogP contribution in [-0.4, -0.2) is 160 Å². The molecule has 5 rings (SSSR count). The molecule has 1 aromatic carbocycles. The van der Waals surface area contributed by atoms with Gasteiger partial charge in [0.05, 0.1) is 51.9 Å². The minimum atomic E-state index is -1.41. The maximum Gasteiger partial charge on any atom is 0.217 e. The number of aromatic nitrogens is 6. The third-order valence-corrected chi connectivity index (χ3v) is 8.46. The summed E-state index contributed by atoms with van der Waals surface area (Å²) in [5, 5.41) is 81.4. The number of carbonyl (C=O) groups excluding carboxylic acids is 2. The quantitative estimate of drug-likeness (QED) is 0.0611. The Bertz CT molecular complexity index is 1530. The number of hydrogen-bond donors (Lipinski definition) is 8. The Balaban J connectivity index is 1.04. The molecule has 2 aliphatic rings. The number of carbonyl (C=O) groups is 2. The van der Waals surface area contributed by atoms with E-state index in [0.29, 0.717) is 22.9 Å². The summed E-state index contributed by atoms with van der Waals surface area (Å²) in [7, 11) is 0. The smallest absolute Gasteiger partial charge is 0.217 e. The minimum Gasteiger partial charge on any atom is -0.487 e. The molecular weight excluding hydrogens is 720 g/mol. The first-order valence-electron chi connectivity index (χ1n) is 17.1. The molecule has 10 atom stereocenters. The van der Waals surface area contributed by atoms with Crippen LogP contribution in [0.25, 0.3) is 0 Å². The summed E-state index contributed by atoms with van der Waals surface area (Å²) in [5.41, 5.74) is 1.04. The molecule has 2 fully saturated rings. The van der Waals surface area contributed by atoms with Crippen molar-refractivity contribution in [2.75, 3.05) is 26.4 Å². The highest BCUT2D eigenvalue weighted by molar-refractivity contribution is 5.73. The zero-order valence-corrected chi connectivity index (χ0v) is 29.5. The Morgan fingerprint density at radius 1 is 0.722 bits per heavy atom. The summed E-state index contributed by atoms with van der Waals surface area (Å²) in [6, 6.07) is 4.84. The lowest BCUT2D eigenvalue weighted by molar-refractivity contribution is -0.270. The fraction of sp³-hybridized carbons (Fsp3) is 0.625. The van der Waals surface area contributed by atoms with E-state index < -0.39 is 86.3 Å². The fourth-order valence-electron chi connectivity index (χ4n) is 5.75. The molecule has 2 saturated heterocycles. The number of amides is 2. The molecule has 2 aromatic heterocycles. The van der Waals surface area contributed by atoms with Crippen LogP contribution in [0.4, 0.5) is 0 Å². The van der Waals surface area contributed by atoms with Crippen molar-refractivity contribution in [1.29, 1.82) is 0 Å². The van der Waals surface area contributed by atoms with Crippen LogP contribution in [0.15, 0.2) is 36.7 Å². The van der Waals surface area contributed by atoms with E-state index in [-0.39, 0.29) is 39.5 Å². The van der Waals surface area contributed by atoms with Crippen LogP contribution < -0.4 is 20.1 Å². The van der Waals surface area contributed by atoms with Crippen LogP contribution in [0.5, 0.6) is 11.5 Å². The monoisotopic (exact) mass is 766 g/mol. The zero-order valence-electron chi connectivity index (χ0n) is 29.5. The first-order valence-corrected chi connectivity index (χ1v) is 17.1. The molecule has 2 amide bonds. The number of benzene rings is 1. The Kier molecular flexibility index (Phi) is 14.6. The molecule has 3 aromatic rings. The summed E-state index contributed by atoms with van der Waals surface area (Å²) < 4.78 is 37.3. The Hall–Kier alpha value is -4.36. The molecule has 54 heavy (non-hydrogen) atoms. The van der Waals surface area contributed by atoms with Crippen molar-refractivity contribution in [2.24, 2.45) is 0 Å². The van der Waals surface area contributed by atoms with Gasteiger partial charge in [0.1, 0.15) is 84.8 Å². The molecule has 22 nitrogen and oxygen atoms in total. The molecule has 0 unspecified atom stereocenters. The van der Waals surface area contributed by atoms with Gasteiger partial charge in [-0.25, -0.2) is 9.36 Å². The fourth-order valence-corrected chi connectivity index (χ4v) is 5.75. The molecule has 8 N–H and O–H groups in total. The molecule has 298 valence electrons. The van der Waals surface area contributed by atoms with Crippen molar-refractivity contribution in [1.82, 2.24) is 40.6 Å². The molecule has 0 radical (unpaired) electrons. The summed E-state index contributed by atoms with van der Waals surface area (Å²) in [5.74, 6) is 0.106. The number of ether oxygens (including phenoxy) is 6. The second kappa shape index (κ2) is 19.3. The standard InChI is InChI=1S/C32H46N8O14/c1-17(43)33-25-29(47)27(45)23(13-41)53-31(25)49-8-6-39-11-19(35-37-39)15-51-21-4-3-5-22(10-21)52-16-20-12-40(38-36-20)7-9-50-32-26(34-18(2)44)30(48)28(46)24(14-42)54-32/h3-5,10-12,23-32,41-42,45-48H,6-9,13-16H2,1-2H3,(H,33,43)(H,34,44)/t23-,24-,25-,26-,27-,28-,29-,30-,31+,32+/m1/s1. The number of nitrogens with one attached hydrogen (secondary N) is 2. The second-order valence-corrected chi connectivity index (χ2v) is 12.6. The summed E-state index contributed by atoms with van der Waals surface area (Å²) in [6.07, 6.45) is -6.76. The lowest BCUT2D eigenvalue weighted by Crippen LogP contribution is -2.64. The highest BCUT2D eigenvalue weighted by atomic mass is 16.7. The minimum absolute atomic E-state index is 0.0463. The Morgan fingerprint density at radius 3 is 1.54 bits per heavy atom. The third kappa shape index (κ3) is 10.9. The largest absolute Gasteiger partial charge is 0.487 e. The number of hydrogen-bond acceptors (Lipinski definition) is 18. The van der Waals surface area contributed by atoms with Crippen molar-refractivity contribution in [3.63, 3.8) is 0 Å². The van der Waals surface area contributed by atoms with E-state index in [9.17, 15) is 40.2 Å². The van der Waals surface area contributed by atoms with Crippen molar-refractivity contribution in [3.05, 3.63) is 48.0 Å². The molecule has 4 heterocycles. The van der Waals surface area contributed by atoms with Crippen molar-refractivity contribution < 1.29 is 68.6 Å². The maximum absolute atomic E-state index is 11.6. The van der Waals surface area contributed by atoms with Gasteiger partial charge in [0.25, 0.3) is 0 Å². The second-order valence-electron chi connectivity index (χ2n) is 12.6. The van der Waals surface area contributed by atoms with Gasteiger partial charge in [-0.3, -0.25) is 9.59 Å². The van der Waals surface area contributed by atoms with Gasteiger partial charge in [-0.1, -0.05) is 16.5 Å². The predicted octanol–water partition coefficient (Wildman–Crippen LogP) is -4.05. The number of aliphatic hydroxyl groups is 6. The van der Waals surface area contributed by atoms with Gasteiger partial charge in [-0.2, -0.15) is 0 Å². The van der Waals surface area contributed by atoms with Gasteiger partial charge >= 0.3 is 0 Å². The van der Waals surface area contributed by atoms with Crippen molar-refractivity contribution in [2.45, 2.75) is 101 Å². The van der Waals surface area contributed by atoms with Crippen LogP contribution in [0.2, 0.25) is 0 Å². The van der Waals surface area contributed by atoms with Crippen LogP contribution in [0, 0.1) is 0 Å². The Labute approximate surface area is 308 Å². The van der Waals surface area contributed by atoms with E-state index in [2.05, 4.69) is 31.3 Å². The molecular formula is C32H46N8O14. The lowest BCUT2D eigenvalue weighted by Gasteiger charge is -2.42. The molecule has 0 aliphatic carbocycles. The van der Waals surface area contributed by atoms with E-state index in [1.54, 1.807) is 36.7 Å². The van der Waals surface area contributed by atoms with Crippen LogP contribution in [0.1, 0.15) is 25.2 Å². The average Bonchev–Trinajstić information content (AvgIpc) is 3.81. The SMILES string of the molecule is CC(=O)N[C@H]1[C@@H](OCCn2cc(COc3cccc(OCc4cn(CCO[C@H]5O[C@H](CO)[C@@H](O)[C@H](O)[C@H]5NC(C)=O)nn4)c3)nn2)O[C@H](CO)[C@@H](O)[C@@H]1O. The topological polar surface area (TPSA) is 296 Å². The zero-order chi connectivity index (χ0) is 38.8. The summed E-state index contributed by atoms with van der Waals surface area (Å²) in [4.78, 5) is 23.2. The van der Waals surface area contributed by atoms with Gasteiger partial charge in [0.2, 0.25) is 11.8 Å². The third-order valence-electron chi connectivity index (χ3n) is 8.46. The van der Waals surface area contributed by atoms with E-state index in [1.807, 2.05) is 0 Å². The first-order chi connectivity index (χ1) is 25.9. The van der Waals surface area contributed by atoms with Crippen LogP contribution in [0.3, 0.4) is 0 Å². The van der Waals surface area contributed by atoms with E-state index in [0.717, 1.165) is 0 Å². The number of nitrogens with zero attached hydrogens (tertiary/aromatic N) is 6. The van der Waals surface area contributed by atoms with Crippen LogP contribution in [-0.2, 0) is 54.8 Å². The number of rotatable bonds is 18. The van der Waals surface area contributed by atoms with Gasteiger partial charge in [0.15, 0.2) is 12.6 Å². The first kappa shape index (κ1) is 40.8. The molecule has 0 saturated carbocycles. The summed E-state index contributed by atoms with van der Waals surface area (Å²) in [6.45, 7) is 2.16. The van der Waals surface area contributed by atoms with E-state index in [4.69, 9.17) is 28.4 Å². The Morgan fingerprint density at radius 2 is 1.15 bits per heavy atom. The average molecular weight is 767 g/mol. The highest BCUT2D eigenvalue weighted by Gasteiger charge is 2.46. The summed E-state index contributed by atoms with van der Waals surface area (Å²) >= 11 is 0. The number of aliphatic hydroxyl groups excluding tert-OH is 6. The van der Waals surface area contributed by atoms with E-state index in [1.165, 1.54) is 23.2 Å². The van der Waals surface area contributed by atoms with Crippen molar-refractivity contribution in [3.8, 4) is 11.5 Å². The highest BCUT2D eigenvalue weighted by Crippen LogP contribution is 2.24. The van der Waals surface area contributed by atoms with E-state index >= 15 is 0 Å². The maximum atomic E-state index is 11.6. The predicted molar refractivity (Wildman–Crippen MR) is 178 cm³/mol. The van der Waals surface area contributed by atoms with Gasteiger partial charge in [-0.05, 0) is 12.1 Å². The van der Waals surface area contributed by atoms with Crippen LogP contribution >= 0.6 is 0 Å². The lowest BCUT2D eigenvalue weighted by atomic mass is 9.97.